The molecule has 1 aliphatic heterocycles. The lowest BCUT2D eigenvalue weighted by Gasteiger charge is -2.06. The van der Waals surface area contributed by atoms with Crippen molar-refractivity contribution in [2.75, 3.05) is 6.61 Å². The first-order chi connectivity index (χ1) is 6.77. The molecule has 0 aliphatic carbocycles. The fraction of sp³-hybridized carbons (Fsp3) is 0.333. The molecule has 14 heavy (non-hydrogen) atoms. The van der Waals surface area contributed by atoms with Gasteiger partial charge in [0.2, 0.25) is 0 Å². The molecule has 0 bridgehead atoms. The fourth-order valence-electron chi connectivity index (χ4n) is 1.26. The minimum absolute atomic E-state index is 0.199. The molecule has 5 nitrogen and oxygen atoms in total. The van der Waals surface area contributed by atoms with Crippen LogP contribution in [0.25, 0.3) is 0 Å². The van der Waals surface area contributed by atoms with Crippen molar-refractivity contribution in [2.45, 2.75) is 12.5 Å². The van der Waals surface area contributed by atoms with Crippen LogP contribution in [0, 0.1) is 0 Å². The van der Waals surface area contributed by atoms with Gasteiger partial charge in [-0.05, 0) is 12.1 Å². The lowest BCUT2D eigenvalue weighted by Crippen LogP contribution is -2.37. The Labute approximate surface area is 80.0 Å². The van der Waals surface area contributed by atoms with Gasteiger partial charge >= 0.3 is 5.97 Å². The predicted octanol–water partition coefficient (Wildman–Crippen LogP) is 0.325. The summed E-state index contributed by atoms with van der Waals surface area (Å²) < 4.78 is 9.58. The van der Waals surface area contributed by atoms with E-state index in [1.54, 1.807) is 6.07 Å². The summed E-state index contributed by atoms with van der Waals surface area (Å²) in [7, 11) is 0. The third-order valence-corrected chi connectivity index (χ3v) is 1.99. The second-order valence-corrected chi connectivity index (χ2v) is 2.96. The number of esters is 1. The van der Waals surface area contributed by atoms with Gasteiger partial charge in [0.25, 0.3) is 5.91 Å². The van der Waals surface area contributed by atoms with E-state index in [0.717, 1.165) is 0 Å². The molecule has 0 aromatic carbocycles. The summed E-state index contributed by atoms with van der Waals surface area (Å²) >= 11 is 0. The summed E-state index contributed by atoms with van der Waals surface area (Å²) in [5, 5.41) is 2.52. The number of amides is 1. The van der Waals surface area contributed by atoms with Gasteiger partial charge in [-0.25, -0.2) is 4.79 Å². The van der Waals surface area contributed by atoms with Gasteiger partial charge in [-0.1, -0.05) is 0 Å². The molecular weight excluding hydrogens is 186 g/mol. The number of carbonyl (C=O) groups is 2. The van der Waals surface area contributed by atoms with E-state index >= 15 is 0 Å². The van der Waals surface area contributed by atoms with Crippen molar-refractivity contribution in [1.29, 1.82) is 0 Å². The second kappa shape index (κ2) is 3.53. The van der Waals surface area contributed by atoms with Gasteiger partial charge in [0, 0.05) is 6.42 Å². The smallest absolute Gasteiger partial charge is 0.328 e. The molecule has 1 aromatic rings. The van der Waals surface area contributed by atoms with Crippen LogP contribution in [0.5, 0.6) is 0 Å². The Morgan fingerprint density at radius 3 is 3.00 bits per heavy atom. The third kappa shape index (κ3) is 1.61. The highest BCUT2D eigenvalue weighted by Gasteiger charge is 2.28. The zero-order valence-corrected chi connectivity index (χ0v) is 7.36. The van der Waals surface area contributed by atoms with E-state index < -0.39 is 6.04 Å². The lowest BCUT2D eigenvalue weighted by atomic mass is 10.2. The number of furan rings is 1. The Bertz CT molecular complexity index is 344. The summed E-state index contributed by atoms with van der Waals surface area (Å²) in [6.45, 7) is 0.363. The number of hydrogen-bond acceptors (Lipinski definition) is 4. The number of carbonyl (C=O) groups excluding carboxylic acids is 2. The van der Waals surface area contributed by atoms with Crippen molar-refractivity contribution in [2.24, 2.45) is 0 Å². The van der Waals surface area contributed by atoms with Gasteiger partial charge in [0.1, 0.15) is 6.04 Å². The van der Waals surface area contributed by atoms with Gasteiger partial charge in [-0.2, -0.15) is 0 Å². The van der Waals surface area contributed by atoms with Gasteiger partial charge in [0.15, 0.2) is 5.76 Å². The summed E-state index contributed by atoms with van der Waals surface area (Å²) in [5.41, 5.74) is 0. The molecule has 1 saturated heterocycles. The molecule has 1 fully saturated rings. The number of ether oxygens (including phenoxy) is 1. The van der Waals surface area contributed by atoms with Crippen molar-refractivity contribution >= 4 is 11.9 Å². The molecule has 1 atom stereocenters. The SMILES string of the molecule is O=C(NC1CCOC1=O)c1ccco1. The first-order valence-electron chi connectivity index (χ1n) is 4.28. The van der Waals surface area contributed by atoms with Crippen LogP contribution in [-0.4, -0.2) is 24.5 Å². The van der Waals surface area contributed by atoms with Crippen molar-refractivity contribution in [1.82, 2.24) is 5.32 Å². The molecule has 5 heteroatoms. The number of cyclic esters (lactones) is 1. The zero-order chi connectivity index (χ0) is 9.97. The minimum atomic E-state index is -0.535. The molecular formula is C9H9NO4. The monoisotopic (exact) mass is 195 g/mol. The van der Waals surface area contributed by atoms with Crippen LogP contribution in [0.4, 0.5) is 0 Å². The van der Waals surface area contributed by atoms with E-state index in [2.05, 4.69) is 5.32 Å². The van der Waals surface area contributed by atoms with E-state index in [1.165, 1.54) is 12.3 Å². The molecule has 1 aliphatic rings. The summed E-state index contributed by atoms with van der Waals surface area (Å²) in [6.07, 6.45) is 1.92. The average Bonchev–Trinajstić information content (AvgIpc) is 2.77. The second-order valence-electron chi connectivity index (χ2n) is 2.96. The first kappa shape index (κ1) is 8.80. The Hall–Kier alpha value is -1.78. The molecule has 1 aromatic heterocycles. The third-order valence-electron chi connectivity index (χ3n) is 1.99. The maximum absolute atomic E-state index is 11.4. The van der Waals surface area contributed by atoms with E-state index in [4.69, 9.17) is 9.15 Å². The van der Waals surface area contributed by atoms with Crippen LogP contribution in [0.2, 0.25) is 0 Å². The minimum Gasteiger partial charge on any atom is -0.464 e. The molecule has 0 saturated carbocycles. The van der Waals surface area contributed by atoms with Crippen LogP contribution in [0.15, 0.2) is 22.8 Å². The zero-order valence-electron chi connectivity index (χ0n) is 7.36. The molecule has 1 N–H and O–H groups in total. The van der Waals surface area contributed by atoms with E-state index in [0.29, 0.717) is 13.0 Å². The van der Waals surface area contributed by atoms with Crippen LogP contribution < -0.4 is 5.32 Å². The highest BCUT2D eigenvalue weighted by atomic mass is 16.5. The highest BCUT2D eigenvalue weighted by Crippen LogP contribution is 2.07. The van der Waals surface area contributed by atoms with Crippen LogP contribution in [-0.2, 0) is 9.53 Å². The Balaban J connectivity index is 1.98. The number of rotatable bonds is 2. The van der Waals surface area contributed by atoms with Crippen LogP contribution >= 0.6 is 0 Å². The van der Waals surface area contributed by atoms with Gasteiger partial charge in [-0.3, -0.25) is 4.79 Å². The maximum Gasteiger partial charge on any atom is 0.328 e. The topological polar surface area (TPSA) is 68.5 Å². The Morgan fingerprint density at radius 2 is 2.43 bits per heavy atom. The normalized spacial score (nSPS) is 20.6. The van der Waals surface area contributed by atoms with Gasteiger partial charge in [0.05, 0.1) is 12.9 Å². The van der Waals surface area contributed by atoms with E-state index in [1.807, 2.05) is 0 Å². The predicted molar refractivity (Wildman–Crippen MR) is 45.5 cm³/mol. The standard InChI is InChI=1S/C9H9NO4/c11-8(7-2-1-4-13-7)10-6-3-5-14-9(6)12/h1-2,4,6H,3,5H2,(H,10,11). The van der Waals surface area contributed by atoms with Crippen molar-refractivity contribution in [3.05, 3.63) is 24.2 Å². The molecule has 0 radical (unpaired) electrons. The molecule has 0 spiro atoms. The van der Waals surface area contributed by atoms with E-state index in [-0.39, 0.29) is 17.6 Å². The van der Waals surface area contributed by atoms with Crippen molar-refractivity contribution in [3.63, 3.8) is 0 Å². The van der Waals surface area contributed by atoms with Crippen molar-refractivity contribution < 1.29 is 18.7 Å². The Morgan fingerprint density at radius 1 is 1.57 bits per heavy atom. The fourth-order valence-corrected chi connectivity index (χ4v) is 1.26. The molecule has 2 heterocycles. The largest absolute Gasteiger partial charge is 0.464 e. The first-order valence-corrected chi connectivity index (χ1v) is 4.28. The highest BCUT2D eigenvalue weighted by molar-refractivity contribution is 5.94. The van der Waals surface area contributed by atoms with Gasteiger partial charge < -0.3 is 14.5 Å². The lowest BCUT2D eigenvalue weighted by molar-refractivity contribution is -0.139. The summed E-state index contributed by atoms with van der Waals surface area (Å²) in [5.74, 6) is -0.576. The van der Waals surface area contributed by atoms with E-state index in [9.17, 15) is 9.59 Å². The number of nitrogens with one attached hydrogen (secondary N) is 1. The summed E-state index contributed by atoms with van der Waals surface area (Å²) in [4.78, 5) is 22.4. The molecule has 1 amide bonds. The Kier molecular flexibility index (Phi) is 2.22. The quantitative estimate of drug-likeness (QED) is 0.690. The summed E-state index contributed by atoms with van der Waals surface area (Å²) in [6, 6.07) is 2.62. The number of hydrogen-bond donors (Lipinski definition) is 1. The molecule has 74 valence electrons. The molecule has 2 rings (SSSR count). The van der Waals surface area contributed by atoms with Crippen LogP contribution in [0.1, 0.15) is 17.0 Å². The average molecular weight is 195 g/mol. The van der Waals surface area contributed by atoms with Gasteiger partial charge in [-0.15, -0.1) is 0 Å². The van der Waals surface area contributed by atoms with Crippen LogP contribution in [0.3, 0.4) is 0 Å². The molecule has 1 unspecified atom stereocenters. The maximum atomic E-state index is 11.4. The van der Waals surface area contributed by atoms with Crippen molar-refractivity contribution in [3.8, 4) is 0 Å².